The van der Waals surface area contributed by atoms with Crippen molar-refractivity contribution in [2.45, 2.75) is 52.5 Å². The van der Waals surface area contributed by atoms with Gasteiger partial charge >= 0.3 is 0 Å². The predicted octanol–water partition coefficient (Wildman–Crippen LogP) is 3.78. The number of carbonyl (C=O) groups excluding carboxylic acids is 1. The molecule has 3 rings (SSSR count). The Labute approximate surface area is 144 Å². The molecule has 1 amide bonds. The topological polar surface area (TPSA) is 48.1 Å². The second-order valence-electron chi connectivity index (χ2n) is 7.72. The first kappa shape index (κ1) is 17.0. The average Bonchev–Trinajstić information content (AvgIpc) is 2.90. The van der Waals surface area contributed by atoms with Crippen LogP contribution in [0, 0.1) is 13.8 Å². The highest BCUT2D eigenvalue weighted by Crippen LogP contribution is 2.23. The summed E-state index contributed by atoms with van der Waals surface area (Å²) in [6.07, 6.45) is 3.85. The van der Waals surface area contributed by atoms with E-state index in [0.29, 0.717) is 12.2 Å². The summed E-state index contributed by atoms with van der Waals surface area (Å²) in [6, 6.07) is 6.25. The lowest BCUT2D eigenvalue weighted by Gasteiger charge is -2.41. The molecule has 0 bridgehead atoms. The maximum Gasteiger partial charge on any atom is 0.268 e. The number of nitrogens with zero attached hydrogens (tertiary/aromatic N) is 1. The van der Waals surface area contributed by atoms with Gasteiger partial charge in [0, 0.05) is 23.0 Å². The van der Waals surface area contributed by atoms with E-state index < -0.39 is 0 Å². The number of carbonyl (C=O) groups is 1. The van der Waals surface area contributed by atoms with Gasteiger partial charge in [0.25, 0.3) is 5.91 Å². The first-order valence-electron chi connectivity index (χ1n) is 9.01. The molecule has 2 N–H and O–H groups in total. The summed E-state index contributed by atoms with van der Waals surface area (Å²) in [5.41, 5.74) is 3.94. The van der Waals surface area contributed by atoms with E-state index in [0.717, 1.165) is 29.6 Å². The number of aromatic amines is 1. The van der Waals surface area contributed by atoms with Crippen LogP contribution in [0.2, 0.25) is 0 Å². The summed E-state index contributed by atoms with van der Waals surface area (Å²) >= 11 is 0. The van der Waals surface area contributed by atoms with Crippen LogP contribution >= 0.6 is 0 Å². The molecule has 2 aromatic rings. The average molecular weight is 327 g/mol. The van der Waals surface area contributed by atoms with Gasteiger partial charge in [0.05, 0.1) is 0 Å². The Morgan fingerprint density at radius 1 is 1.21 bits per heavy atom. The first-order chi connectivity index (χ1) is 11.4. The van der Waals surface area contributed by atoms with Gasteiger partial charge in [0.15, 0.2) is 0 Å². The molecule has 1 aliphatic rings. The lowest BCUT2D eigenvalue weighted by atomic mass is 9.98. The smallest absolute Gasteiger partial charge is 0.268 e. The molecular formula is C20H29N3O. The maximum atomic E-state index is 12.7. The minimum absolute atomic E-state index is 0.00735. The van der Waals surface area contributed by atoms with Crippen molar-refractivity contribution >= 4 is 16.8 Å². The normalized spacial score (nSPS) is 16.5. The number of benzene rings is 1. The SMILES string of the molecule is Cc1ccc2[nH]c(C(=O)NCC(C)(C)N3CCCCC3)c(C)c2c1. The zero-order valence-electron chi connectivity index (χ0n) is 15.3. The molecule has 0 aliphatic carbocycles. The highest BCUT2D eigenvalue weighted by molar-refractivity contribution is 6.01. The number of amides is 1. The standard InChI is InChI=1S/C20H29N3O/c1-14-8-9-17-16(12-14)15(2)18(22-17)19(24)21-13-20(3,4)23-10-6-5-7-11-23/h8-9,12,22H,5-7,10-11,13H2,1-4H3,(H,21,24). The van der Waals surface area contributed by atoms with Gasteiger partial charge in [0.1, 0.15) is 5.69 Å². The number of hydrogen-bond donors (Lipinski definition) is 2. The number of H-pyrrole nitrogens is 1. The van der Waals surface area contributed by atoms with Gasteiger partial charge in [0.2, 0.25) is 0 Å². The van der Waals surface area contributed by atoms with Crippen LogP contribution in [0.15, 0.2) is 18.2 Å². The lowest BCUT2D eigenvalue weighted by Crippen LogP contribution is -2.53. The van der Waals surface area contributed by atoms with E-state index in [-0.39, 0.29) is 11.4 Å². The highest BCUT2D eigenvalue weighted by Gasteiger charge is 2.28. The molecule has 1 aliphatic heterocycles. The molecule has 0 saturated carbocycles. The fourth-order valence-corrected chi connectivity index (χ4v) is 3.66. The Balaban J connectivity index is 1.72. The van der Waals surface area contributed by atoms with Gasteiger partial charge in [-0.2, -0.15) is 0 Å². The first-order valence-corrected chi connectivity index (χ1v) is 9.01. The second-order valence-corrected chi connectivity index (χ2v) is 7.72. The van der Waals surface area contributed by atoms with E-state index >= 15 is 0 Å². The second kappa shape index (κ2) is 6.60. The monoisotopic (exact) mass is 327 g/mol. The summed E-state index contributed by atoms with van der Waals surface area (Å²) < 4.78 is 0. The summed E-state index contributed by atoms with van der Waals surface area (Å²) in [4.78, 5) is 18.5. The van der Waals surface area contributed by atoms with Crippen molar-refractivity contribution in [2.24, 2.45) is 0 Å². The number of aromatic nitrogens is 1. The molecule has 0 spiro atoms. The molecular weight excluding hydrogens is 298 g/mol. The van der Waals surface area contributed by atoms with Crippen LogP contribution in [-0.4, -0.2) is 41.0 Å². The largest absolute Gasteiger partial charge is 0.350 e. The van der Waals surface area contributed by atoms with Crippen LogP contribution < -0.4 is 5.32 Å². The van der Waals surface area contributed by atoms with Crippen LogP contribution in [0.1, 0.15) is 54.7 Å². The minimum atomic E-state index is -0.00793. The van der Waals surface area contributed by atoms with Crippen LogP contribution in [0.4, 0.5) is 0 Å². The van der Waals surface area contributed by atoms with Crippen molar-refractivity contribution in [1.29, 1.82) is 0 Å². The van der Waals surface area contributed by atoms with E-state index in [4.69, 9.17) is 0 Å². The Kier molecular flexibility index (Phi) is 4.68. The van der Waals surface area contributed by atoms with Crippen molar-refractivity contribution < 1.29 is 4.79 Å². The van der Waals surface area contributed by atoms with Crippen molar-refractivity contribution in [2.75, 3.05) is 19.6 Å². The number of aryl methyl sites for hydroxylation is 2. The molecule has 0 unspecified atom stereocenters. The molecule has 1 fully saturated rings. The van der Waals surface area contributed by atoms with Gasteiger partial charge in [-0.25, -0.2) is 0 Å². The molecule has 1 aromatic carbocycles. The molecule has 4 nitrogen and oxygen atoms in total. The molecule has 2 heterocycles. The van der Waals surface area contributed by atoms with Crippen molar-refractivity contribution in [3.63, 3.8) is 0 Å². The molecule has 130 valence electrons. The Morgan fingerprint density at radius 2 is 1.92 bits per heavy atom. The van der Waals surface area contributed by atoms with E-state index in [1.165, 1.54) is 24.8 Å². The van der Waals surface area contributed by atoms with Gasteiger partial charge < -0.3 is 10.3 Å². The molecule has 1 saturated heterocycles. The number of nitrogens with one attached hydrogen (secondary N) is 2. The number of piperidine rings is 1. The van der Waals surface area contributed by atoms with Crippen LogP contribution in [0.25, 0.3) is 10.9 Å². The molecule has 4 heteroatoms. The summed E-state index contributed by atoms with van der Waals surface area (Å²) in [7, 11) is 0. The Morgan fingerprint density at radius 3 is 2.62 bits per heavy atom. The van der Waals surface area contributed by atoms with Crippen LogP contribution in [0.3, 0.4) is 0 Å². The maximum absolute atomic E-state index is 12.7. The van der Waals surface area contributed by atoms with Crippen molar-refractivity contribution in [3.05, 3.63) is 35.0 Å². The van der Waals surface area contributed by atoms with E-state index in [2.05, 4.69) is 48.1 Å². The van der Waals surface area contributed by atoms with E-state index in [1.807, 2.05) is 13.0 Å². The van der Waals surface area contributed by atoms with Gasteiger partial charge in [-0.15, -0.1) is 0 Å². The Hall–Kier alpha value is -1.81. The summed E-state index contributed by atoms with van der Waals surface area (Å²) in [5, 5.41) is 4.28. The fraction of sp³-hybridized carbons (Fsp3) is 0.550. The number of fused-ring (bicyclic) bond motifs is 1. The fourth-order valence-electron chi connectivity index (χ4n) is 3.66. The third kappa shape index (κ3) is 3.34. The van der Waals surface area contributed by atoms with Crippen LogP contribution in [0.5, 0.6) is 0 Å². The third-order valence-corrected chi connectivity index (χ3v) is 5.33. The van der Waals surface area contributed by atoms with Gasteiger partial charge in [-0.05, 0) is 71.3 Å². The lowest BCUT2D eigenvalue weighted by molar-refractivity contribution is 0.0794. The third-order valence-electron chi connectivity index (χ3n) is 5.33. The summed E-state index contributed by atoms with van der Waals surface area (Å²) in [5.74, 6) is -0.00793. The quantitative estimate of drug-likeness (QED) is 0.898. The summed E-state index contributed by atoms with van der Waals surface area (Å²) in [6.45, 7) is 11.5. The minimum Gasteiger partial charge on any atom is -0.350 e. The molecule has 24 heavy (non-hydrogen) atoms. The van der Waals surface area contributed by atoms with Gasteiger partial charge in [-0.3, -0.25) is 9.69 Å². The van der Waals surface area contributed by atoms with Crippen molar-refractivity contribution in [3.8, 4) is 0 Å². The van der Waals surface area contributed by atoms with Crippen LogP contribution in [-0.2, 0) is 0 Å². The zero-order valence-corrected chi connectivity index (χ0v) is 15.3. The predicted molar refractivity (Wildman–Crippen MR) is 99.6 cm³/mol. The molecule has 0 atom stereocenters. The number of rotatable bonds is 4. The highest BCUT2D eigenvalue weighted by atomic mass is 16.1. The Bertz CT molecular complexity index is 739. The molecule has 1 aromatic heterocycles. The van der Waals surface area contributed by atoms with Crippen molar-refractivity contribution in [1.82, 2.24) is 15.2 Å². The van der Waals surface area contributed by atoms with E-state index in [9.17, 15) is 4.79 Å². The number of likely N-dealkylation sites (tertiary alicyclic amines) is 1. The number of hydrogen-bond acceptors (Lipinski definition) is 2. The molecule has 0 radical (unpaired) electrons. The zero-order chi connectivity index (χ0) is 17.3. The van der Waals surface area contributed by atoms with E-state index in [1.54, 1.807) is 0 Å². The van der Waals surface area contributed by atoms with Gasteiger partial charge in [-0.1, -0.05) is 18.1 Å².